The van der Waals surface area contributed by atoms with Crippen molar-refractivity contribution in [2.75, 3.05) is 20.5 Å². The standard InChI is InChI=1S/C18H13ClO5/c1-21-12-2-3-15-13(7-12)17(20)11(8-22-15)4-10-5-14(19)18-16(6-10)23-9-24-18/h2-7H,8-9H2,1H3/b11-4-. The molecule has 0 fully saturated rings. The molecular weight excluding hydrogens is 332 g/mol. The molecule has 2 aliphatic heterocycles. The second-order valence-electron chi connectivity index (χ2n) is 5.39. The van der Waals surface area contributed by atoms with E-state index in [4.69, 9.17) is 30.5 Å². The zero-order valence-electron chi connectivity index (χ0n) is 12.8. The van der Waals surface area contributed by atoms with Crippen LogP contribution in [-0.2, 0) is 0 Å². The zero-order valence-corrected chi connectivity index (χ0v) is 13.6. The molecule has 2 heterocycles. The van der Waals surface area contributed by atoms with Gasteiger partial charge in [0.15, 0.2) is 17.3 Å². The van der Waals surface area contributed by atoms with Crippen LogP contribution in [0.25, 0.3) is 6.08 Å². The predicted octanol–water partition coefficient (Wildman–Crippen LogP) is 3.74. The van der Waals surface area contributed by atoms with Gasteiger partial charge in [-0.15, -0.1) is 0 Å². The van der Waals surface area contributed by atoms with E-state index in [1.807, 2.05) is 0 Å². The van der Waals surface area contributed by atoms with E-state index in [0.717, 1.165) is 5.56 Å². The van der Waals surface area contributed by atoms with Crippen LogP contribution in [0.4, 0.5) is 0 Å². The number of carbonyl (C=O) groups is 1. The number of methoxy groups -OCH3 is 1. The minimum absolute atomic E-state index is 0.0936. The lowest BCUT2D eigenvalue weighted by Gasteiger charge is -2.19. The summed E-state index contributed by atoms with van der Waals surface area (Å²) < 4.78 is 21.5. The summed E-state index contributed by atoms with van der Waals surface area (Å²) in [4.78, 5) is 12.7. The van der Waals surface area contributed by atoms with E-state index < -0.39 is 0 Å². The number of ether oxygens (including phenoxy) is 4. The van der Waals surface area contributed by atoms with Gasteiger partial charge in [-0.2, -0.15) is 0 Å². The van der Waals surface area contributed by atoms with Crippen LogP contribution in [0.3, 0.4) is 0 Å². The molecule has 0 amide bonds. The molecule has 0 unspecified atom stereocenters. The van der Waals surface area contributed by atoms with Gasteiger partial charge in [0.25, 0.3) is 0 Å². The minimum Gasteiger partial charge on any atom is -0.497 e. The smallest absolute Gasteiger partial charge is 0.231 e. The maximum absolute atomic E-state index is 12.7. The van der Waals surface area contributed by atoms with Gasteiger partial charge >= 0.3 is 0 Å². The summed E-state index contributed by atoms with van der Waals surface area (Å²) in [6, 6.07) is 8.70. The second-order valence-corrected chi connectivity index (χ2v) is 5.79. The summed E-state index contributed by atoms with van der Waals surface area (Å²) in [6.07, 6.45) is 1.75. The molecule has 2 aromatic carbocycles. The first-order valence-electron chi connectivity index (χ1n) is 7.31. The van der Waals surface area contributed by atoms with Gasteiger partial charge in [0.2, 0.25) is 6.79 Å². The Morgan fingerprint density at radius 2 is 2.00 bits per heavy atom. The summed E-state index contributed by atoms with van der Waals surface area (Å²) in [5, 5.41) is 0.447. The lowest BCUT2D eigenvalue weighted by molar-refractivity contribution is 0.100. The van der Waals surface area contributed by atoms with Gasteiger partial charge in [-0.25, -0.2) is 0 Å². The van der Waals surface area contributed by atoms with Crippen molar-refractivity contribution in [1.29, 1.82) is 0 Å². The molecule has 0 bridgehead atoms. The van der Waals surface area contributed by atoms with E-state index in [9.17, 15) is 4.79 Å². The first kappa shape index (κ1) is 14.9. The Kier molecular flexibility index (Phi) is 3.58. The maximum Gasteiger partial charge on any atom is 0.231 e. The topological polar surface area (TPSA) is 54.0 Å². The van der Waals surface area contributed by atoms with Crippen molar-refractivity contribution in [3.05, 3.63) is 52.1 Å². The average Bonchev–Trinajstić information content (AvgIpc) is 3.06. The van der Waals surface area contributed by atoms with Crippen LogP contribution in [0.1, 0.15) is 15.9 Å². The normalized spacial score (nSPS) is 16.8. The summed E-state index contributed by atoms with van der Waals surface area (Å²) in [6.45, 7) is 0.342. The molecule has 0 radical (unpaired) electrons. The second kappa shape index (κ2) is 5.76. The SMILES string of the molecule is COc1ccc2c(c1)C(=O)/C(=C\c1cc(Cl)c3c(c1)OCO3)CO2. The lowest BCUT2D eigenvalue weighted by atomic mass is 9.98. The number of fused-ring (bicyclic) bond motifs is 2. The van der Waals surface area contributed by atoms with Crippen LogP contribution in [0.2, 0.25) is 5.02 Å². The van der Waals surface area contributed by atoms with E-state index in [-0.39, 0.29) is 19.2 Å². The molecule has 2 aromatic rings. The van der Waals surface area contributed by atoms with Gasteiger partial charge in [-0.05, 0) is 42.0 Å². The number of halogens is 1. The van der Waals surface area contributed by atoms with Crippen LogP contribution in [0.15, 0.2) is 35.9 Å². The summed E-state index contributed by atoms with van der Waals surface area (Å²) >= 11 is 6.18. The third-order valence-corrected chi connectivity index (χ3v) is 4.18. The molecule has 5 nitrogen and oxygen atoms in total. The van der Waals surface area contributed by atoms with Crippen LogP contribution >= 0.6 is 11.6 Å². The Hall–Kier alpha value is -2.66. The zero-order chi connectivity index (χ0) is 16.7. The van der Waals surface area contributed by atoms with E-state index in [2.05, 4.69) is 0 Å². The highest BCUT2D eigenvalue weighted by atomic mass is 35.5. The van der Waals surface area contributed by atoms with Gasteiger partial charge in [0, 0.05) is 5.57 Å². The number of hydrogen-bond acceptors (Lipinski definition) is 5. The number of benzene rings is 2. The van der Waals surface area contributed by atoms with Gasteiger partial charge in [0.1, 0.15) is 18.1 Å². The van der Waals surface area contributed by atoms with Crippen molar-refractivity contribution >= 4 is 23.5 Å². The Bertz CT molecular complexity index is 872. The van der Waals surface area contributed by atoms with Gasteiger partial charge in [-0.3, -0.25) is 4.79 Å². The van der Waals surface area contributed by atoms with Crippen molar-refractivity contribution < 1.29 is 23.7 Å². The quantitative estimate of drug-likeness (QED) is 0.777. The van der Waals surface area contributed by atoms with Crippen molar-refractivity contribution in [2.24, 2.45) is 0 Å². The van der Waals surface area contributed by atoms with Gasteiger partial charge in [-0.1, -0.05) is 11.6 Å². The molecule has 0 N–H and O–H groups in total. The third-order valence-electron chi connectivity index (χ3n) is 3.90. The average molecular weight is 345 g/mol. The third kappa shape index (κ3) is 2.47. The lowest BCUT2D eigenvalue weighted by Crippen LogP contribution is -2.19. The first-order valence-corrected chi connectivity index (χ1v) is 7.69. The van der Waals surface area contributed by atoms with E-state index >= 15 is 0 Å². The molecular formula is C18H13ClO5. The number of rotatable bonds is 2. The van der Waals surface area contributed by atoms with Crippen LogP contribution in [0, 0.1) is 0 Å². The molecule has 0 aliphatic carbocycles. The molecule has 122 valence electrons. The van der Waals surface area contributed by atoms with E-state index in [0.29, 0.717) is 39.2 Å². The summed E-state index contributed by atoms with van der Waals surface area (Å²) in [5.41, 5.74) is 1.77. The molecule has 2 aliphatic rings. The minimum atomic E-state index is -0.0936. The Labute approximate surface area is 143 Å². The predicted molar refractivity (Wildman–Crippen MR) is 88.4 cm³/mol. The van der Waals surface area contributed by atoms with E-state index in [1.165, 1.54) is 0 Å². The highest BCUT2D eigenvalue weighted by Crippen LogP contribution is 2.40. The Morgan fingerprint density at radius 3 is 2.83 bits per heavy atom. The van der Waals surface area contributed by atoms with Crippen molar-refractivity contribution in [3.63, 3.8) is 0 Å². The number of ketones is 1. The van der Waals surface area contributed by atoms with Crippen molar-refractivity contribution in [1.82, 2.24) is 0 Å². The maximum atomic E-state index is 12.7. The molecule has 4 rings (SSSR count). The summed E-state index contributed by atoms with van der Waals surface area (Å²) in [7, 11) is 1.56. The molecule has 0 saturated carbocycles. The molecule has 6 heteroatoms. The van der Waals surface area contributed by atoms with Crippen LogP contribution in [-0.4, -0.2) is 26.3 Å². The molecule has 0 saturated heterocycles. The number of carbonyl (C=O) groups excluding carboxylic acids is 1. The van der Waals surface area contributed by atoms with E-state index in [1.54, 1.807) is 43.5 Å². The van der Waals surface area contributed by atoms with Gasteiger partial charge < -0.3 is 18.9 Å². The van der Waals surface area contributed by atoms with Crippen molar-refractivity contribution in [3.8, 4) is 23.0 Å². The fraction of sp³-hybridized carbons (Fsp3) is 0.167. The molecule has 0 aromatic heterocycles. The molecule has 24 heavy (non-hydrogen) atoms. The van der Waals surface area contributed by atoms with Crippen LogP contribution in [0.5, 0.6) is 23.0 Å². The van der Waals surface area contributed by atoms with Gasteiger partial charge in [0.05, 0.1) is 17.7 Å². The van der Waals surface area contributed by atoms with Crippen molar-refractivity contribution in [2.45, 2.75) is 0 Å². The Morgan fingerprint density at radius 1 is 1.12 bits per heavy atom. The molecule has 0 atom stereocenters. The fourth-order valence-electron chi connectivity index (χ4n) is 2.71. The summed E-state index contributed by atoms with van der Waals surface area (Å²) in [5.74, 6) is 2.17. The van der Waals surface area contributed by atoms with Crippen LogP contribution < -0.4 is 18.9 Å². The highest BCUT2D eigenvalue weighted by Gasteiger charge is 2.25. The number of hydrogen-bond donors (Lipinski definition) is 0. The Balaban J connectivity index is 1.71. The largest absolute Gasteiger partial charge is 0.497 e. The fourth-order valence-corrected chi connectivity index (χ4v) is 2.99. The monoisotopic (exact) mass is 344 g/mol. The highest BCUT2D eigenvalue weighted by molar-refractivity contribution is 6.32. The molecule has 0 spiro atoms. The number of Topliss-reactive ketones (excluding diaryl/α,β-unsaturated/α-hetero) is 1. The first-order chi connectivity index (χ1) is 11.7.